The smallest absolute Gasteiger partial charge is 0.342 e. The fraction of sp³-hybridized carbons (Fsp3) is 0.474. The molecule has 3 N–H and O–H groups in total. The van der Waals surface area contributed by atoms with Crippen LogP contribution in [0.1, 0.15) is 39.3 Å². The third kappa shape index (κ3) is 6.81. The van der Waals surface area contributed by atoms with Gasteiger partial charge in [0.15, 0.2) is 5.84 Å². The van der Waals surface area contributed by atoms with E-state index in [1.54, 1.807) is 19.2 Å². The SMILES string of the molecule is CC/C=C(\C=C(/CC)NC(=NCN)c1ncccc1SCC)C(F)(F)C(F)(F)F. The molecule has 1 heterocycles. The van der Waals surface area contributed by atoms with Gasteiger partial charge in [-0.25, -0.2) is 0 Å². The summed E-state index contributed by atoms with van der Waals surface area (Å²) in [5.74, 6) is -4.00. The van der Waals surface area contributed by atoms with E-state index in [4.69, 9.17) is 5.73 Å². The maximum atomic E-state index is 13.9. The Kier molecular flexibility index (Phi) is 9.78. The van der Waals surface area contributed by atoms with E-state index in [0.717, 1.165) is 22.8 Å². The molecule has 0 amide bonds. The van der Waals surface area contributed by atoms with E-state index in [0.29, 0.717) is 5.69 Å². The fourth-order valence-corrected chi connectivity index (χ4v) is 3.10. The van der Waals surface area contributed by atoms with Crippen LogP contribution in [0.15, 0.2) is 51.6 Å². The summed E-state index contributed by atoms with van der Waals surface area (Å²) < 4.78 is 66.4. The van der Waals surface area contributed by atoms with E-state index >= 15 is 0 Å². The number of nitrogens with one attached hydrogen (secondary N) is 1. The number of nitrogens with two attached hydrogens (primary N) is 1. The molecule has 0 bridgehead atoms. The normalized spacial score (nSPS) is 14.3. The van der Waals surface area contributed by atoms with Gasteiger partial charge in [0.2, 0.25) is 0 Å². The molecule has 0 saturated carbocycles. The van der Waals surface area contributed by atoms with Crippen LogP contribution in [0.5, 0.6) is 0 Å². The van der Waals surface area contributed by atoms with Crippen molar-refractivity contribution in [3.8, 4) is 0 Å². The molecule has 0 saturated heterocycles. The molecule has 0 fully saturated rings. The zero-order valence-corrected chi connectivity index (χ0v) is 17.3. The Morgan fingerprint density at radius 3 is 2.45 bits per heavy atom. The van der Waals surface area contributed by atoms with Crippen LogP contribution in [0.4, 0.5) is 22.0 Å². The first-order valence-electron chi connectivity index (χ1n) is 9.07. The molecule has 1 rings (SSSR count). The molecule has 0 radical (unpaired) electrons. The summed E-state index contributed by atoms with van der Waals surface area (Å²) in [6, 6.07) is 3.56. The highest BCUT2D eigenvalue weighted by atomic mass is 32.2. The predicted octanol–water partition coefficient (Wildman–Crippen LogP) is 5.27. The monoisotopic (exact) mass is 436 g/mol. The van der Waals surface area contributed by atoms with Crippen LogP contribution < -0.4 is 11.1 Å². The van der Waals surface area contributed by atoms with Gasteiger partial charge in [-0.05, 0) is 36.8 Å². The second-order valence-electron chi connectivity index (χ2n) is 5.76. The van der Waals surface area contributed by atoms with E-state index in [2.05, 4.69) is 15.3 Å². The summed E-state index contributed by atoms with van der Waals surface area (Å²) in [5, 5.41) is 2.85. The van der Waals surface area contributed by atoms with Gasteiger partial charge in [0, 0.05) is 22.4 Å². The summed E-state index contributed by atoms with van der Waals surface area (Å²) in [7, 11) is 0. The Labute approximate surface area is 171 Å². The summed E-state index contributed by atoms with van der Waals surface area (Å²) in [4.78, 5) is 9.18. The number of nitrogens with zero attached hydrogens (tertiary/aromatic N) is 2. The number of aromatic nitrogens is 1. The van der Waals surface area contributed by atoms with Crippen LogP contribution in [-0.2, 0) is 0 Å². The minimum atomic E-state index is -5.69. The third-order valence-corrected chi connectivity index (χ3v) is 4.61. The van der Waals surface area contributed by atoms with E-state index < -0.39 is 17.7 Å². The van der Waals surface area contributed by atoms with Gasteiger partial charge in [-0.15, -0.1) is 11.8 Å². The average molecular weight is 436 g/mol. The van der Waals surface area contributed by atoms with Gasteiger partial charge in [-0.1, -0.05) is 26.8 Å². The van der Waals surface area contributed by atoms with Crippen molar-refractivity contribution in [3.05, 3.63) is 47.4 Å². The van der Waals surface area contributed by atoms with Crippen LogP contribution >= 0.6 is 11.8 Å². The highest BCUT2D eigenvalue weighted by Gasteiger charge is 2.59. The summed E-state index contributed by atoms with van der Waals surface area (Å²) in [6.45, 7) is 4.96. The topological polar surface area (TPSA) is 63.3 Å². The largest absolute Gasteiger partial charge is 0.458 e. The molecule has 0 unspecified atom stereocenters. The van der Waals surface area contributed by atoms with E-state index in [1.165, 1.54) is 18.7 Å². The minimum Gasteiger partial charge on any atom is -0.342 e. The van der Waals surface area contributed by atoms with Crippen molar-refractivity contribution < 1.29 is 22.0 Å². The third-order valence-electron chi connectivity index (χ3n) is 3.68. The van der Waals surface area contributed by atoms with Crippen LogP contribution in [-0.4, -0.2) is 35.3 Å². The quantitative estimate of drug-likeness (QED) is 0.182. The molecule has 1 aromatic rings. The van der Waals surface area contributed by atoms with Gasteiger partial charge >= 0.3 is 12.1 Å². The zero-order valence-electron chi connectivity index (χ0n) is 16.5. The lowest BCUT2D eigenvalue weighted by atomic mass is 10.0. The van der Waals surface area contributed by atoms with Gasteiger partial charge in [0.1, 0.15) is 5.69 Å². The number of pyridine rings is 1. The van der Waals surface area contributed by atoms with Gasteiger partial charge < -0.3 is 11.1 Å². The van der Waals surface area contributed by atoms with Crippen LogP contribution in [0, 0.1) is 0 Å². The minimum absolute atomic E-state index is 0.0236. The Morgan fingerprint density at radius 1 is 1.24 bits per heavy atom. The van der Waals surface area contributed by atoms with Crippen molar-refractivity contribution in [2.24, 2.45) is 10.7 Å². The molecular formula is C19H25F5N4S. The second kappa shape index (κ2) is 11.3. The average Bonchev–Trinajstić information content (AvgIpc) is 2.66. The number of thioether (sulfide) groups is 1. The molecule has 10 heteroatoms. The Morgan fingerprint density at radius 2 is 1.93 bits per heavy atom. The van der Waals surface area contributed by atoms with Gasteiger partial charge in [-0.2, -0.15) is 22.0 Å². The van der Waals surface area contributed by atoms with Crippen molar-refractivity contribution in [1.82, 2.24) is 10.3 Å². The molecule has 0 aliphatic carbocycles. The molecule has 0 atom stereocenters. The Bertz CT molecular complexity index is 757. The number of alkyl halides is 5. The molecule has 0 aromatic carbocycles. The number of halogens is 5. The maximum Gasteiger partial charge on any atom is 0.458 e. The zero-order chi connectivity index (χ0) is 22.1. The first kappa shape index (κ1) is 25.1. The number of hydrogen-bond donors (Lipinski definition) is 2. The number of rotatable bonds is 9. The standard InChI is InChI=1S/C19H25F5N4S/c1-4-8-13(18(20,21)19(22,23)24)11-14(5-2)28-17(27-12-25)16-15(29-6-3)9-7-10-26-16/h7-11H,4-6,12,25H2,1-3H3,(H,27,28)/b13-8+,14-11+. The highest BCUT2D eigenvalue weighted by molar-refractivity contribution is 7.99. The molecule has 0 aliphatic rings. The molecule has 0 spiro atoms. The molecule has 1 aromatic heterocycles. The molecule has 4 nitrogen and oxygen atoms in total. The number of aliphatic imine (C=N–C) groups is 1. The van der Waals surface area contributed by atoms with Crippen molar-refractivity contribution in [1.29, 1.82) is 0 Å². The van der Waals surface area contributed by atoms with Crippen molar-refractivity contribution in [2.45, 2.75) is 50.6 Å². The van der Waals surface area contributed by atoms with E-state index in [9.17, 15) is 22.0 Å². The maximum absolute atomic E-state index is 13.9. The first-order valence-corrected chi connectivity index (χ1v) is 10.1. The Balaban J connectivity index is 3.37. The summed E-state index contributed by atoms with van der Waals surface area (Å²) >= 11 is 1.50. The predicted molar refractivity (Wildman–Crippen MR) is 107 cm³/mol. The van der Waals surface area contributed by atoms with Gasteiger partial charge in [0.25, 0.3) is 0 Å². The van der Waals surface area contributed by atoms with Crippen molar-refractivity contribution in [2.75, 3.05) is 12.4 Å². The second-order valence-corrected chi connectivity index (χ2v) is 7.07. The van der Waals surface area contributed by atoms with Crippen molar-refractivity contribution in [3.63, 3.8) is 0 Å². The number of amidine groups is 1. The molecule has 0 aliphatic heterocycles. The highest BCUT2D eigenvalue weighted by Crippen LogP contribution is 2.42. The number of allylic oxidation sites excluding steroid dienone is 4. The lowest BCUT2D eigenvalue weighted by molar-refractivity contribution is -0.263. The molecule has 162 valence electrons. The van der Waals surface area contributed by atoms with Crippen LogP contribution in [0.2, 0.25) is 0 Å². The Hall–Kier alpha value is -1.94. The van der Waals surface area contributed by atoms with Gasteiger partial charge in [-0.3, -0.25) is 9.98 Å². The van der Waals surface area contributed by atoms with Gasteiger partial charge in [0.05, 0.1) is 6.67 Å². The van der Waals surface area contributed by atoms with E-state index in [1.807, 2.05) is 13.0 Å². The number of hydrogen-bond acceptors (Lipinski definition) is 4. The molecule has 29 heavy (non-hydrogen) atoms. The van der Waals surface area contributed by atoms with Crippen LogP contribution in [0.25, 0.3) is 0 Å². The molecular weight excluding hydrogens is 411 g/mol. The van der Waals surface area contributed by atoms with Crippen molar-refractivity contribution >= 4 is 17.6 Å². The summed E-state index contributed by atoms with van der Waals surface area (Å²) in [6.07, 6.45) is -2.28. The first-order chi connectivity index (χ1) is 13.6. The summed E-state index contributed by atoms with van der Waals surface area (Å²) in [5.41, 5.74) is 4.99. The lowest BCUT2D eigenvalue weighted by Gasteiger charge is -2.22. The lowest BCUT2D eigenvalue weighted by Crippen LogP contribution is -2.38. The fourth-order valence-electron chi connectivity index (χ4n) is 2.33. The van der Waals surface area contributed by atoms with E-state index in [-0.39, 0.29) is 31.0 Å². The van der Waals surface area contributed by atoms with Crippen LogP contribution in [0.3, 0.4) is 0 Å².